The molecule has 4 heterocycles. The molecule has 0 spiro atoms. The van der Waals surface area contributed by atoms with Gasteiger partial charge in [-0.25, -0.2) is 15.0 Å². The van der Waals surface area contributed by atoms with Gasteiger partial charge in [-0.15, -0.1) is 22.7 Å². The lowest BCUT2D eigenvalue weighted by molar-refractivity contribution is 1.18. The van der Waals surface area contributed by atoms with Crippen molar-refractivity contribution in [1.29, 1.82) is 0 Å². The molecule has 8 aromatic carbocycles. The van der Waals surface area contributed by atoms with Crippen LogP contribution >= 0.6 is 22.7 Å². The van der Waals surface area contributed by atoms with Gasteiger partial charge < -0.3 is 0 Å². The number of pyridine rings is 1. The summed E-state index contributed by atoms with van der Waals surface area (Å²) in [5, 5.41) is 8.75. The molecule has 0 aliphatic heterocycles. The largest absolute Gasteiger partial charge is 0.247 e. The Morgan fingerprint density at radius 2 is 0.879 bits per heavy atom. The molecule has 12 rings (SSSR count). The predicted molar refractivity (Wildman–Crippen MR) is 248 cm³/mol. The van der Waals surface area contributed by atoms with Crippen LogP contribution in [0.5, 0.6) is 0 Å². The van der Waals surface area contributed by atoms with Gasteiger partial charge in [-0.1, -0.05) is 146 Å². The van der Waals surface area contributed by atoms with E-state index in [-0.39, 0.29) is 0 Å². The van der Waals surface area contributed by atoms with E-state index in [1.165, 1.54) is 67.6 Å². The fourth-order valence-electron chi connectivity index (χ4n) is 8.45. The van der Waals surface area contributed by atoms with Crippen LogP contribution in [0.4, 0.5) is 0 Å². The van der Waals surface area contributed by atoms with Crippen LogP contribution in [-0.2, 0) is 0 Å². The van der Waals surface area contributed by atoms with E-state index < -0.39 is 0 Å². The highest BCUT2D eigenvalue weighted by molar-refractivity contribution is 7.27. The zero-order valence-electron chi connectivity index (χ0n) is 31.1. The van der Waals surface area contributed by atoms with E-state index in [2.05, 4.69) is 164 Å². The molecule has 0 radical (unpaired) electrons. The van der Waals surface area contributed by atoms with Crippen molar-refractivity contribution in [2.24, 2.45) is 0 Å². The van der Waals surface area contributed by atoms with Crippen LogP contribution in [0.1, 0.15) is 0 Å². The zero-order chi connectivity index (χ0) is 38.2. The lowest BCUT2D eigenvalue weighted by Crippen LogP contribution is -1.95. The normalized spacial score (nSPS) is 11.8. The SMILES string of the molecule is c1ccc(-c2cc(-c3ccc4sc5cc(-c6ccc7sc8c(ccc9c(-c%10ccccc%10)nc%10ccccc%10c98)c7c6)ccc5c4c3)nc(-c3ccccc3)n2)cc1. The van der Waals surface area contributed by atoms with E-state index in [4.69, 9.17) is 15.0 Å². The molecule has 0 bridgehead atoms. The second-order valence-electron chi connectivity index (χ2n) is 14.7. The lowest BCUT2D eigenvalue weighted by Gasteiger charge is -2.11. The van der Waals surface area contributed by atoms with Crippen LogP contribution in [0.2, 0.25) is 0 Å². The number of benzene rings is 8. The molecule has 0 unspecified atom stereocenters. The van der Waals surface area contributed by atoms with Crippen molar-refractivity contribution in [3.05, 3.63) is 188 Å². The lowest BCUT2D eigenvalue weighted by atomic mass is 9.97. The number of thiophene rings is 2. The molecule has 0 N–H and O–H groups in total. The van der Waals surface area contributed by atoms with Crippen LogP contribution in [0.15, 0.2) is 188 Å². The summed E-state index contributed by atoms with van der Waals surface area (Å²) in [5.74, 6) is 0.725. The number of rotatable bonds is 5. The van der Waals surface area contributed by atoms with Crippen LogP contribution < -0.4 is 0 Å². The number of hydrogen-bond donors (Lipinski definition) is 0. The Bertz CT molecular complexity index is 3500. The molecule has 5 heteroatoms. The first-order valence-electron chi connectivity index (χ1n) is 19.4. The third-order valence-electron chi connectivity index (χ3n) is 11.3. The second kappa shape index (κ2) is 13.3. The maximum atomic E-state index is 5.18. The highest BCUT2D eigenvalue weighted by Crippen LogP contribution is 2.45. The third kappa shape index (κ3) is 5.43. The molecule has 0 aliphatic carbocycles. The van der Waals surface area contributed by atoms with Crippen molar-refractivity contribution >= 4 is 84.7 Å². The van der Waals surface area contributed by atoms with Gasteiger partial charge in [0.05, 0.1) is 22.6 Å². The minimum Gasteiger partial charge on any atom is -0.247 e. The Morgan fingerprint density at radius 3 is 1.67 bits per heavy atom. The average molecular weight is 774 g/mol. The maximum absolute atomic E-state index is 5.18. The number of para-hydroxylation sites is 1. The number of fused-ring (bicyclic) bond motifs is 10. The first-order valence-corrected chi connectivity index (χ1v) is 21.1. The molecular weight excluding hydrogens is 743 g/mol. The van der Waals surface area contributed by atoms with Crippen LogP contribution in [0.3, 0.4) is 0 Å². The minimum absolute atomic E-state index is 0.725. The summed E-state index contributed by atoms with van der Waals surface area (Å²) in [6, 6.07) is 67.1. The summed E-state index contributed by atoms with van der Waals surface area (Å²) in [6.07, 6.45) is 0. The van der Waals surface area contributed by atoms with E-state index in [9.17, 15) is 0 Å². The standard InChI is InChI=1S/C53H31N3S2/c1-4-12-32(13-5-1)45-31-46(56-53(55-45)34-16-8-3-9-17-34)37-22-27-47-42(29-37)38-23-20-36(30-49(38)57-47)35-21-26-48-43(28-35)39-24-25-41-50(52(39)58-48)40-18-10-11-19-44(40)54-51(41)33-14-6-2-7-15-33/h1-31H. The summed E-state index contributed by atoms with van der Waals surface area (Å²) in [6.45, 7) is 0. The van der Waals surface area contributed by atoms with E-state index >= 15 is 0 Å². The fourth-order valence-corrected chi connectivity index (χ4v) is 10.8. The van der Waals surface area contributed by atoms with Gasteiger partial charge in [-0.3, -0.25) is 0 Å². The molecule has 3 nitrogen and oxygen atoms in total. The number of nitrogens with zero attached hydrogens (tertiary/aromatic N) is 3. The van der Waals surface area contributed by atoms with Gasteiger partial charge in [0.1, 0.15) is 0 Å². The Kier molecular flexibility index (Phi) is 7.58. The predicted octanol–water partition coefficient (Wildman–Crippen LogP) is 15.2. The molecule has 0 atom stereocenters. The molecule has 0 aliphatic rings. The molecule has 58 heavy (non-hydrogen) atoms. The Hall–Kier alpha value is -7.05. The summed E-state index contributed by atoms with van der Waals surface area (Å²) in [7, 11) is 0. The highest BCUT2D eigenvalue weighted by atomic mass is 32.1. The highest BCUT2D eigenvalue weighted by Gasteiger charge is 2.18. The van der Waals surface area contributed by atoms with Gasteiger partial charge in [0.2, 0.25) is 0 Å². The molecule has 0 amide bonds. The topological polar surface area (TPSA) is 38.7 Å². The molecule has 270 valence electrons. The van der Waals surface area contributed by atoms with Gasteiger partial charge >= 0.3 is 0 Å². The van der Waals surface area contributed by atoms with Crippen molar-refractivity contribution in [3.8, 4) is 56.3 Å². The molecule has 12 aromatic rings. The van der Waals surface area contributed by atoms with E-state index in [1.54, 1.807) is 0 Å². The Labute approximate surface area is 342 Å². The van der Waals surface area contributed by atoms with E-state index in [0.717, 1.165) is 50.7 Å². The molecule has 0 saturated heterocycles. The monoisotopic (exact) mass is 773 g/mol. The van der Waals surface area contributed by atoms with Gasteiger partial charge in [-0.2, -0.15) is 0 Å². The smallest absolute Gasteiger partial charge is 0.160 e. The third-order valence-corrected chi connectivity index (χ3v) is 13.6. The van der Waals surface area contributed by atoms with Crippen molar-refractivity contribution in [3.63, 3.8) is 0 Å². The maximum Gasteiger partial charge on any atom is 0.160 e. The van der Waals surface area contributed by atoms with Crippen molar-refractivity contribution < 1.29 is 0 Å². The van der Waals surface area contributed by atoms with E-state index in [0.29, 0.717) is 0 Å². The van der Waals surface area contributed by atoms with Crippen LogP contribution in [0.25, 0.3) is 118 Å². The molecule has 0 saturated carbocycles. The molecule has 0 fully saturated rings. The Morgan fingerprint density at radius 1 is 0.310 bits per heavy atom. The minimum atomic E-state index is 0.725. The quantitative estimate of drug-likeness (QED) is 0.164. The fraction of sp³-hybridized carbons (Fsp3) is 0. The first-order chi connectivity index (χ1) is 28.7. The van der Waals surface area contributed by atoms with Crippen molar-refractivity contribution in [1.82, 2.24) is 15.0 Å². The van der Waals surface area contributed by atoms with Crippen molar-refractivity contribution in [2.75, 3.05) is 0 Å². The summed E-state index contributed by atoms with van der Waals surface area (Å²) in [5.41, 5.74) is 10.6. The van der Waals surface area contributed by atoms with Crippen molar-refractivity contribution in [2.45, 2.75) is 0 Å². The second-order valence-corrected chi connectivity index (χ2v) is 16.9. The van der Waals surface area contributed by atoms with Crippen LogP contribution in [-0.4, -0.2) is 15.0 Å². The van der Waals surface area contributed by atoms with Gasteiger partial charge in [0, 0.05) is 78.8 Å². The zero-order valence-corrected chi connectivity index (χ0v) is 32.7. The molecule has 4 aromatic heterocycles. The van der Waals surface area contributed by atoms with E-state index in [1.807, 2.05) is 46.9 Å². The first kappa shape index (κ1) is 33.1. The molecular formula is C53H31N3S2. The number of aromatic nitrogens is 3. The van der Waals surface area contributed by atoms with Gasteiger partial charge in [0.15, 0.2) is 5.82 Å². The Balaban J connectivity index is 0.964. The van der Waals surface area contributed by atoms with Gasteiger partial charge in [-0.05, 0) is 53.6 Å². The van der Waals surface area contributed by atoms with Gasteiger partial charge in [0.25, 0.3) is 0 Å². The summed E-state index contributed by atoms with van der Waals surface area (Å²) < 4.78 is 5.14. The number of hydrogen-bond acceptors (Lipinski definition) is 5. The summed E-state index contributed by atoms with van der Waals surface area (Å²) in [4.78, 5) is 15.3. The average Bonchev–Trinajstić information content (AvgIpc) is 3.86. The summed E-state index contributed by atoms with van der Waals surface area (Å²) >= 11 is 3.73. The van der Waals surface area contributed by atoms with Crippen LogP contribution in [0, 0.1) is 0 Å².